The number of hydrogen-bond acceptors (Lipinski definition) is 3. The van der Waals surface area contributed by atoms with E-state index in [0.717, 1.165) is 37.2 Å². The zero-order chi connectivity index (χ0) is 21.4. The largest absolute Gasteiger partial charge is 0.444 e. The van der Waals surface area contributed by atoms with Crippen LogP contribution in [0.2, 0.25) is 5.02 Å². The van der Waals surface area contributed by atoms with E-state index in [4.69, 9.17) is 16.3 Å². The van der Waals surface area contributed by atoms with Gasteiger partial charge in [-0.25, -0.2) is 9.18 Å². The summed E-state index contributed by atoms with van der Waals surface area (Å²) >= 11 is 6.07. The lowest BCUT2D eigenvalue weighted by atomic mass is 9.91. The molecule has 1 aliphatic rings. The predicted octanol–water partition coefficient (Wildman–Crippen LogP) is 4.64. The van der Waals surface area contributed by atoms with E-state index in [0.29, 0.717) is 24.0 Å². The molecule has 1 saturated carbocycles. The molecule has 0 saturated heterocycles. The van der Waals surface area contributed by atoms with Gasteiger partial charge in [-0.2, -0.15) is 0 Å². The summed E-state index contributed by atoms with van der Waals surface area (Å²) in [4.78, 5) is 16.2. The van der Waals surface area contributed by atoms with Gasteiger partial charge in [0.2, 0.25) is 0 Å². The first-order valence-electron chi connectivity index (χ1n) is 10.1. The minimum absolute atomic E-state index is 0. The Morgan fingerprint density at radius 2 is 1.80 bits per heavy atom. The molecule has 30 heavy (non-hydrogen) atoms. The van der Waals surface area contributed by atoms with Crippen molar-refractivity contribution in [1.29, 1.82) is 0 Å². The topological polar surface area (TPSA) is 74.8 Å². The van der Waals surface area contributed by atoms with Crippen molar-refractivity contribution in [2.45, 2.75) is 70.6 Å². The Kier molecular flexibility index (Phi) is 11.2. The number of halogens is 3. The lowest BCUT2D eigenvalue weighted by molar-refractivity contribution is 0.0490. The molecule has 2 rings (SSSR count). The number of rotatable bonds is 5. The summed E-state index contributed by atoms with van der Waals surface area (Å²) in [6, 6.07) is 4.88. The number of ether oxygens (including phenoxy) is 1. The van der Waals surface area contributed by atoms with Crippen molar-refractivity contribution in [1.82, 2.24) is 16.0 Å². The van der Waals surface area contributed by atoms with Crippen LogP contribution in [0.15, 0.2) is 23.2 Å². The van der Waals surface area contributed by atoms with E-state index < -0.39 is 5.60 Å². The number of nitrogens with zero attached hydrogens (tertiary/aromatic N) is 1. The first kappa shape index (κ1) is 26.7. The van der Waals surface area contributed by atoms with Gasteiger partial charge in [0.15, 0.2) is 5.96 Å². The van der Waals surface area contributed by atoms with Crippen molar-refractivity contribution in [3.05, 3.63) is 34.6 Å². The normalized spacial score (nSPS) is 19.5. The highest BCUT2D eigenvalue weighted by Gasteiger charge is 2.25. The monoisotopic (exact) mass is 554 g/mol. The third kappa shape index (κ3) is 9.68. The standard InChI is InChI=1S/C21H32ClFN4O2.HI/c1-21(2,3)29-20(28)27-17-9-7-16(8-10-17)26-19(24-4)25-12-11-14-5-6-15(23)13-18(14)22;/h5-6,13,16-17H,7-12H2,1-4H3,(H,27,28)(H2,24,25,26);1H. The van der Waals surface area contributed by atoms with Crippen LogP contribution in [0.25, 0.3) is 0 Å². The number of carbonyl (C=O) groups excluding carboxylic acids is 1. The average Bonchev–Trinajstić information content (AvgIpc) is 2.62. The van der Waals surface area contributed by atoms with Crippen molar-refractivity contribution >= 4 is 47.6 Å². The highest BCUT2D eigenvalue weighted by molar-refractivity contribution is 14.0. The van der Waals surface area contributed by atoms with Crippen LogP contribution in [0.3, 0.4) is 0 Å². The molecule has 9 heteroatoms. The lowest BCUT2D eigenvalue weighted by Gasteiger charge is -2.31. The van der Waals surface area contributed by atoms with Crippen LogP contribution >= 0.6 is 35.6 Å². The summed E-state index contributed by atoms with van der Waals surface area (Å²) in [5.41, 5.74) is 0.406. The molecule has 0 atom stereocenters. The van der Waals surface area contributed by atoms with Crippen LogP contribution in [0.1, 0.15) is 52.0 Å². The summed E-state index contributed by atoms with van der Waals surface area (Å²) < 4.78 is 18.4. The second-order valence-corrected chi connectivity index (χ2v) is 8.73. The molecule has 0 aliphatic heterocycles. The number of hydrogen-bond donors (Lipinski definition) is 3. The number of aliphatic imine (C=N–C) groups is 1. The smallest absolute Gasteiger partial charge is 0.407 e. The number of benzene rings is 1. The number of carbonyl (C=O) groups is 1. The second-order valence-electron chi connectivity index (χ2n) is 8.32. The first-order valence-corrected chi connectivity index (χ1v) is 10.4. The molecule has 1 amide bonds. The Hall–Kier alpha value is -1.29. The van der Waals surface area contributed by atoms with Gasteiger partial charge in [-0.15, -0.1) is 24.0 Å². The molecule has 3 N–H and O–H groups in total. The van der Waals surface area contributed by atoms with E-state index in [1.807, 2.05) is 20.8 Å². The van der Waals surface area contributed by atoms with Crippen LogP contribution in [-0.2, 0) is 11.2 Å². The quantitative estimate of drug-likeness (QED) is 0.282. The summed E-state index contributed by atoms with van der Waals surface area (Å²) in [7, 11) is 1.73. The number of guanidine groups is 1. The van der Waals surface area contributed by atoms with Crippen LogP contribution in [0.4, 0.5) is 9.18 Å². The highest BCUT2D eigenvalue weighted by Crippen LogP contribution is 2.20. The molecule has 1 aliphatic carbocycles. The van der Waals surface area contributed by atoms with Gasteiger partial charge in [0, 0.05) is 30.7 Å². The fourth-order valence-electron chi connectivity index (χ4n) is 3.28. The maximum absolute atomic E-state index is 13.1. The van der Waals surface area contributed by atoms with Crippen molar-refractivity contribution < 1.29 is 13.9 Å². The molecule has 1 aromatic rings. The van der Waals surface area contributed by atoms with E-state index in [9.17, 15) is 9.18 Å². The van der Waals surface area contributed by atoms with E-state index in [1.165, 1.54) is 12.1 Å². The number of alkyl carbamates (subject to hydrolysis) is 1. The highest BCUT2D eigenvalue weighted by atomic mass is 127. The molecule has 0 spiro atoms. The van der Waals surface area contributed by atoms with Gasteiger partial charge in [0.1, 0.15) is 11.4 Å². The minimum Gasteiger partial charge on any atom is -0.444 e. The summed E-state index contributed by atoms with van der Waals surface area (Å²) in [5, 5.41) is 10.1. The molecule has 1 fully saturated rings. The van der Waals surface area contributed by atoms with Gasteiger partial charge in [-0.1, -0.05) is 17.7 Å². The minimum atomic E-state index is -0.487. The van der Waals surface area contributed by atoms with E-state index in [-0.39, 0.29) is 41.9 Å². The zero-order valence-corrected chi connectivity index (χ0v) is 21.1. The van der Waals surface area contributed by atoms with E-state index >= 15 is 0 Å². The molecule has 170 valence electrons. The lowest BCUT2D eigenvalue weighted by Crippen LogP contribution is -2.48. The van der Waals surface area contributed by atoms with E-state index in [2.05, 4.69) is 20.9 Å². The summed E-state index contributed by atoms with van der Waals surface area (Å²) in [5.74, 6) is 0.396. The summed E-state index contributed by atoms with van der Waals surface area (Å²) in [6.45, 7) is 6.21. The maximum Gasteiger partial charge on any atom is 0.407 e. The Morgan fingerprint density at radius 1 is 1.20 bits per heavy atom. The molecule has 1 aromatic carbocycles. The Bertz CT molecular complexity index is 719. The van der Waals surface area contributed by atoms with Crippen LogP contribution in [0.5, 0.6) is 0 Å². The van der Waals surface area contributed by atoms with Gasteiger partial charge >= 0.3 is 6.09 Å². The molecule has 0 aromatic heterocycles. The molecule has 0 heterocycles. The third-order valence-corrected chi connectivity index (χ3v) is 5.07. The van der Waals surface area contributed by atoms with Crippen molar-refractivity contribution in [2.75, 3.05) is 13.6 Å². The Balaban J connectivity index is 0.00000450. The molecular weight excluding hydrogens is 522 g/mol. The fourth-order valence-corrected chi connectivity index (χ4v) is 3.55. The fraction of sp³-hybridized carbons (Fsp3) is 0.619. The number of nitrogens with one attached hydrogen (secondary N) is 3. The SMILES string of the molecule is CN=C(NCCc1ccc(F)cc1Cl)NC1CCC(NC(=O)OC(C)(C)C)CC1.I. The van der Waals surface area contributed by atoms with Gasteiger partial charge in [-0.05, 0) is 70.6 Å². The van der Waals surface area contributed by atoms with Crippen molar-refractivity contribution in [3.63, 3.8) is 0 Å². The molecule has 0 radical (unpaired) electrons. The average molecular weight is 555 g/mol. The first-order chi connectivity index (χ1) is 13.7. The van der Waals surface area contributed by atoms with Crippen LogP contribution < -0.4 is 16.0 Å². The Morgan fingerprint density at radius 3 is 2.33 bits per heavy atom. The predicted molar refractivity (Wildman–Crippen MR) is 130 cm³/mol. The summed E-state index contributed by atoms with van der Waals surface area (Å²) in [6.07, 6.45) is 3.96. The molecule has 0 bridgehead atoms. The number of amides is 1. The van der Waals surface area contributed by atoms with Gasteiger partial charge in [-0.3, -0.25) is 4.99 Å². The third-order valence-electron chi connectivity index (χ3n) is 4.71. The van der Waals surface area contributed by atoms with Crippen molar-refractivity contribution in [2.24, 2.45) is 4.99 Å². The zero-order valence-electron chi connectivity index (χ0n) is 18.1. The van der Waals surface area contributed by atoms with Gasteiger partial charge in [0.25, 0.3) is 0 Å². The molecular formula is C21H33ClFIN4O2. The Labute approximate surface area is 200 Å². The van der Waals surface area contributed by atoms with E-state index in [1.54, 1.807) is 13.1 Å². The van der Waals surface area contributed by atoms with Crippen molar-refractivity contribution in [3.8, 4) is 0 Å². The second kappa shape index (κ2) is 12.5. The van der Waals surface area contributed by atoms with Crippen LogP contribution in [-0.4, -0.2) is 43.3 Å². The molecule has 6 nitrogen and oxygen atoms in total. The van der Waals surface area contributed by atoms with Gasteiger partial charge < -0.3 is 20.7 Å². The maximum atomic E-state index is 13.1. The van der Waals surface area contributed by atoms with Gasteiger partial charge in [0.05, 0.1) is 0 Å². The van der Waals surface area contributed by atoms with Crippen LogP contribution in [0, 0.1) is 5.82 Å². The molecule has 0 unspecified atom stereocenters.